The van der Waals surface area contributed by atoms with Gasteiger partial charge in [0.2, 0.25) is 0 Å². The molecule has 48 heavy (non-hydrogen) atoms. The van der Waals surface area contributed by atoms with E-state index in [1.165, 1.54) is 61.0 Å². The number of anilines is 2. The van der Waals surface area contributed by atoms with Crippen molar-refractivity contribution in [1.82, 2.24) is 4.57 Å². The van der Waals surface area contributed by atoms with Gasteiger partial charge in [0, 0.05) is 49.9 Å². The van der Waals surface area contributed by atoms with Gasteiger partial charge < -0.3 is 13.9 Å². The van der Waals surface area contributed by atoms with Crippen molar-refractivity contribution in [2.24, 2.45) is 0 Å². The number of para-hydroxylation sites is 2. The Morgan fingerprint density at radius 2 is 1.31 bits per heavy atom. The summed E-state index contributed by atoms with van der Waals surface area (Å²) in [4.78, 5) is 2.59. The molecular weight excluding hydrogens is 585 g/mol. The van der Waals surface area contributed by atoms with Crippen molar-refractivity contribution in [1.29, 1.82) is 0 Å². The Kier molecular flexibility index (Phi) is 5.02. The molecule has 2 aromatic heterocycles. The minimum atomic E-state index is -0.0586. The van der Waals surface area contributed by atoms with Crippen LogP contribution in [0.25, 0.3) is 60.6 Å². The summed E-state index contributed by atoms with van der Waals surface area (Å²) in [5, 5.41) is 4.76. The number of aromatic nitrogens is 1. The molecule has 3 aliphatic rings. The Hall–Kier alpha value is -5.80. The van der Waals surface area contributed by atoms with Crippen LogP contribution in [0.3, 0.4) is 0 Å². The van der Waals surface area contributed by atoms with Crippen LogP contribution in [-0.4, -0.2) is 10.6 Å². The predicted octanol–water partition coefficient (Wildman–Crippen LogP) is 11.7. The van der Waals surface area contributed by atoms with E-state index in [4.69, 9.17) is 4.42 Å². The molecule has 2 unspecified atom stereocenters. The van der Waals surface area contributed by atoms with E-state index in [1.807, 2.05) is 6.07 Å². The number of allylic oxidation sites excluding steroid dienone is 2. The smallest absolute Gasteiger partial charge is 0.136 e. The number of benzene rings is 6. The molecule has 0 spiro atoms. The van der Waals surface area contributed by atoms with Gasteiger partial charge in [-0.1, -0.05) is 105 Å². The largest absolute Gasteiger partial charge is 0.456 e. The lowest BCUT2D eigenvalue weighted by Crippen LogP contribution is -2.28. The van der Waals surface area contributed by atoms with Crippen LogP contribution < -0.4 is 4.90 Å². The summed E-state index contributed by atoms with van der Waals surface area (Å²) in [6.07, 6.45) is 9.19. The third-order valence-electron chi connectivity index (χ3n) is 11.3. The summed E-state index contributed by atoms with van der Waals surface area (Å²) in [5.41, 5.74) is 14.8. The second-order valence-electron chi connectivity index (χ2n) is 14.1. The van der Waals surface area contributed by atoms with Gasteiger partial charge in [-0.15, -0.1) is 0 Å². The monoisotopic (exact) mass is 616 g/mol. The molecule has 0 amide bonds. The van der Waals surface area contributed by atoms with E-state index >= 15 is 0 Å². The first kappa shape index (κ1) is 26.3. The van der Waals surface area contributed by atoms with Gasteiger partial charge in [0.15, 0.2) is 0 Å². The molecule has 2 atom stereocenters. The molecule has 0 saturated heterocycles. The molecule has 228 valence electrons. The molecule has 0 bridgehead atoms. The first-order valence-electron chi connectivity index (χ1n) is 16.9. The van der Waals surface area contributed by atoms with E-state index < -0.39 is 0 Å². The van der Waals surface area contributed by atoms with Crippen LogP contribution in [0.1, 0.15) is 36.5 Å². The van der Waals surface area contributed by atoms with Crippen molar-refractivity contribution >= 4 is 55.1 Å². The fraction of sp³-hybridized carbons (Fsp3) is 0.111. The first-order chi connectivity index (χ1) is 23.6. The van der Waals surface area contributed by atoms with Crippen molar-refractivity contribution in [3.8, 4) is 16.8 Å². The van der Waals surface area contributed by atoms with Gasteiger partial charge in [-0.2, -0.15) is 0 Å². The second-order valence-corrected chi connectivity index (χ2v) is 14.1. The zero-order valence-electron chi connectivity index (χ0n) is 26.8. The quantitative estimate of drug-likeness (QED) is 0.193. The highest BCUT2D eigenvalue weighted by Gasteiger charge is 2.40. The first-order valence-corrected chi connectivity index (χ1v) is 16.9. The van der Waals surface area contributed by atoms with Gasteiger partial charge in [0.25, 0.3) is 0 Å². The van der Waals surface area contributed by atoms with E-state index in [0.717, 1.165) is 27.6 Å². The van der Waals surface area contributed by atoms with Crippen molar-refractivity contribution in [2.75, 3.05) is 4.90 Å². The number of fused-ring (bicyclic) bond motifs is 12. The van der Waals surface area contributed by atoms with Crippen LogP contribution in [0.2, 0.25) is 0 Å². The molecule has 1 aliphatic heterocycles. The molecule has 0 N–H and O–H groups in total. The van der Waals surface area contributed by atoms with Crippen molar-refractivity contribution < 1.29 is 4.42 Å². The van der Waals surface area contributed by atoms with Gasteiger partial charge in [-0.3, -0.25) is 0 Å². The van der Waals surface area contributed by atoms with Crippen molar-refractivity contribution in [2.45, 2.75) is 31.2 Å². The van der Waals surface area contributed by atoms with E-state index in [0.29, 0.717) is 0 Å². The van der Waals surface area contributed by atoms with E-state index in [1.54, 1.807) is 0 Å². The van der Waals surface area contributed by atoms with E-state index in [9.17, 15) is 0 Å². The van der Waals surface area contributed by atoms with E-state index in [2.05, 4.69) is 163 Å². The minimum Gasteiger partial charge on any atom is -0.456 e. The maximum Gasteiger partial charge on any atom is 0.136 e. The van der Waals surface area contributed by atoms with Crippen molar-refractivity contribution in [3.63, 3.8) is 0 Å². The zero-order chi connectivity index (χ0) is 31.7. The van der Waals surface area contributed by atoms with Gasteiger partial charge in [-0.05, 0) is 82.4 Å². The summed E-state index contributed by atoms with van der Waals surface area (Å²) >= 11 is 0. The second kappa shape index (κ2) is 9.17. The highest BCUT2D eigenvalue weighted by Crippen LogP contribution is 2.54. The molecule has 2 aliphatic carbocycles. The molecule has 11 rings (SSSR count). The predicted molar refractivity (Wildman–Crippen MR) is 199 cm³/mol. The molecule has 6 aromatic carbocycles. The van der Waals surface area contributed by atoms with Crippen LogP contribution in [0.15, 0.2) is 150 Å². The number of furan rings is 1. The molecule has 0 saturated carbocycles. The fourth-order valence-corrected chi connectivity index (χ4v) is 9.06. The number of nitrogens with zero attached hydrogens (tertiary/aromatic N) is 2. The average molecular weight is 617 g/mol. The third kappa shape index (κ3) is 3.33. The standard InChI is InChI=1S/C45H32N2O/c1-45(2)37-17-9-6-14-29(37)30-21-20-28(22-38(30)45)47-39-18-10-7-15-31(39)33-23-34-35-25-44-36(32-16-8-11-19-43(32)48-44)24-40(35)46(42(34)26-41(33)47)27-12-4-3-5-13-27/h3-26,31,39H,1-2H3. The molecule has 0 radical (unpaired) electrons. The topological polar surface area (TPSA) is 21.3 Å². The maximum absolute atomic E-state index is 6.42. The zero-order valence-corrected chi connectivity index (χ0v) is 26.8. The summed E-state index contributed by atoms with van der Waals surface area (Å²) in [7, 11) is 0. The number of hydrogen-bond donors (Lipinski definition) is 0. The molecule has 3 heterocycles. The Balaban J connectivity index is 1.19. The molecule has 0 fully saturated rings. The van der Waals surface area contributed by atoms with Crippen LogP contribution >= 0.6 is 0 Å². The highest BCUT2D eigenvalue weighted by molar-refractivity contribution is 6.18. The lowest BCUT2D eigenvalue weighted by atomic mass is 9.82. The SMILES string of the molecule is CC1(C)c2ccccc2-c2ccc(N3c4cc5c(cc4C4C=CC=CC43)c3cc4oc6ccccc6c4cc3n5-c3ccccc3)cc21. The Morgan fingerprint density at radius 3 is 2.23 bits per heavy atom. The lowest BCUT2D eigenvalue weighted by molar-refractivity contribution is 0.659. The average Bonchev–Trinajstić information content (AvgIpc) is 3.82. The molecule has 3 nitrogen and oxygen atoms in total. The van der Waals surface area contributed by atoms with Gasteiger partial charge in [0.05, 0.1) is 17.1 Å². The Bertz CT molecular complexity index is 2720. The normalized spacial score (nSPS) is 18.6. The van der Waals surface area contributed by atoms with Gasteiger partial charge >= 0.3 is 0 Å². The summed E-state index contributed by atoms with van der Waals surface area (Å²) < 4.78 is 8.86. The highest BCUT2D eigenvalue weighted by atomic mass is 16.3. The Labute approximate surface area is 278 Å². The summed E-state index contributed by atoms with van der Waals surface area (Å²) in [5.74, 6) is 0.262. The number of rotatable bonds is 2. The number of hydrogen-bond acceptors (Lipinski definition) is 2. The Morgan fingerprint density at radius 1 is 0.562 bits per heavy atom. The summed E-state index contributed by atoms with van der Waals surface area (Å²) in [6.45, 7) is 4.74. The van der Waals surface area contributed by atoms with Crippen LogP contribution in [0.5, 0.6) is 0 Å². The van der Waals surface area contributed by atoms with Crippen LogP contribution in [0, 0.1) is 0 Å². The third-order valence-corrected chi connectivity index (χ3v) is 11.3. The van der Waals surface area contributed by atoms with Gasteiger partial charge in [-0.25, -0.2) is 0 Å². The molecule has 3 heteroatoms. The van der Waals surface area contributed by atoms with Crippen LogP contribution in [0.4, 0.5) is 11.4 Å². The van der Waals surface area contributed by atoms with Gasteiger partial charge in [0.1, 0.15) is 11.2 Å². The van der Waals surface area contributed by atoms with Crippen molar-refractivity contribution in [3.05, 3.63) is 162 Å². The lowest BCUT2D eigenvalue weighted by Gasteiger charge is -2.30. The molecule has 8 aromatic rings. The summed E-state index contributed by atoms with van der Waals surface area (Å²) in [6, 6.07) is 44.9. The maximum atomic E-state index is 6.42. The minimum absolute atomic E-state index is 0.0586. The molecular formula is C45H32N2O. The van der Waals surface area contributed by atoms with E-state index in [-0.39, 0.29) is 17.4 Å². The fourth-order valence-electron chi connectivity index (χ4n) is 9.06. The van der Waals surface area contributed by atoms with Crippen LogP contribution in [-0.2, 0) is 5.41 Å².